The summed E-state index contributed by atoms with van der Waals surface area (Å²) in [5, 5.41) is 0. The summed E-state index contributed by atoms with van der Waals surface area (Å²) in [4.78, 5) is 13.9. The average Bonchev–Trinajstić information content (AvgIpc) is 2.39. The standard InChI is InChI=1S/C16H29NO5S/c1-15(2,3)21-14(18)17-11-9-16(10-12-17)7-5-13(6-8-16)22-23(4,19)20/h13H,5-12H2,1-4H3. The Morgan fingerprint density at radius 3 is 2.04 bits per heavy atom. The van der Waals surface area contributed by atoms with Crippen LogP contribution in [0, 0.1) is 5.41 Å². The van der Waals surface area contributed by atoms with Gasteiger partial charge in [0.2, 0.25) is 0 Å². The number of carbonyl (C=O) groups is 1. The Labute approximate surface area is 139 Å². The van der Waals surface area contributed by atoms with Crippen molar-refractivity contribution in [1.29, 1.82) is 0 Å². The van der Waals surface area contributed by atoms with Crippen molar-refractivity contribution >= 4 is 16.2 Å². The van der Waals surface area contributed by atoms with Crippen LogP contribution in [0.1, 0.15) is 59.3 Å². The molecule has 0 atom stereocenters. The average molecular weight is 347 g/mol. The minimum absolute atomic E-state index is 0.181. The fourth-order valence-corrected chi connectivity index (χ4v) is 4.22. The number of hydrogen-bond acceptors (Lipinski definition) is 5. The van der Waals surface area contributed by atoms with Crippen LogP contribution in [-0.2, 0) is 19.0 Å². The van der Waals surface area contributed by atoms with E-state index in [1.807, 2.05) is 20.8 Å². The summed E-state index contributed by atoms with van der Waals surface area (Å²) in [6.07, 6.45) is 6.09. The van der Waals surface area contributed by atoms with Crippen LogP contribution >= 0.6 is 0 Å². The lowest BCUT2D eigenvalue weighted by atomic mass is 9.67. The van der Waals surface area contributed by atoms with Gasteiger partial charge in [-0.15, -0.1) is 0 Å². The summed E-state index contributed by atoms with van der Waals surface area (Å²) < 4.78 is 33.0. The highest BCUT2D eigenvalue weighted by molar-refractivity contribution is 7.86. The van der Waals surface area contributed by atoms with E-state index in [1.54, 1.807) is 4.90 Å². The fraction of sp³-hybridized carbons (Fsp3) is 0.938. The van der Waals surface area contributed by atoms with E-state index in [4.69, 9.17) is 8.92 Å². The second kappa shape index (κ2) is 6.59. The number of piperidine rings is 1. The maximum absolute atomic E-state index is 12.1. The summed E-state index contributed by atoms with van der Waals surface area (Å²) in [6, 6.07) is 0. The fourth-order valence-electron chi connectivity index (χ4n) is 3.54. The van der Waals surface area contributed by atoms with Gasteiger partial charge >= 0.3 is 6.09 Å². The molecule has 1 amide bonds. The lowest BCUT2D eigenvalue weighted by molar-refractivity contribution is -0.00411. The first kappa shape index (κ1) is 18.5. The molecule has 1 saturated carbocycles. The number of rotatable bonds is 2. The summed E-state index contributed by atoms with van der Waals surface area (Å²) in [5.41, 5.74) is -0.233. The van der Waals surface area contributed by atoms with Crippen LogP contribution in [0.5, 0.6) is 0 Å². The summed E-state index contributed by atoms with van der Waals surface area (Å²) >= 11 is 0. The van der Waals surface area contributed by atoms with Gasteiger partial charge in [-0.3, -0.25) is 4.18 Å². The van der Waals surface area contributed by atoms with Crippen molar-refractivity contribution in [3.8, 4) is 0 Å². The third kappa shape index (κ3) is 5.64. The monoisotopic (exact) mass is 347 g/mol. The maximum atomic E-state index is 12.1. The Bertz CT molecular complexity index is 519. The Kier molecular flexibility index (Phi) is 5.31. The first-order valence-electron chi connectivity index (χ1n) is 8.34. The van der Waals surface area contributed by atoms with E-state index < -0.39 is 15.7 Å². The number of nitrogens with zero attached hydrogens (tertiary/aromatic N) is 1. The lowest BCUT2D eigenvalue weighted by Gasteiger charge is -2.45. The van der Waals surface area contributed by atoms with E-state index in [9.17, 15) is 13.2 Å². The molecule has 2 fully saturated rings. The molecule has 134 valence electrons. The highest BCUT2D eigenvalue weighted by atomic mass is 32.2. The Morgan fingerprint density at radius 2 is 1.61 bits per heavy atom. The highest BCUT2D eigenvalue weighted by Crippen LogP contribution is 2.45. The van der Waals surface area contributed by atoms with Crippen molar-refractivity contribution in [3.63, 3.8) is 0 Å². The molecule has 23 heavy (non-hydrogen) atoms. The van der Waals surface area contributed by atoms with E-state index in [-0.39, 0.29) is 17.6 Å². The number of carbonyl (C=O) groups excluding carboxylic acids is 1. The molecule has 1 aliphatic carbocycles. The van der Waals surface area contributed by atoms with Gasteiger partial charge in [0.1, 0.15) is 5.60 Å². The molecule has 2 rings (SSSR count). The molecule has 0 unspecified atom stereocenters. The second-order valence-electron chi connectivity index (χ2n) is 7.97. The predicted molar refractivity (Wildman–Crippen MR) is 87.7 cm³/mol. The van der Waals surface area contributed by atoms with E-state index in [0.29, 0.717) is 13.1 Å². The summed E-state index contributed by atoms with van der Waals surface area (Å²) in [7, 11) is -3.37. The van der Waals surface area contributed by atoms with Crippen molar-refractivity contribution in [2.24, 2.45) is 5.41 Å². The molecular weight excluding hydrogens is 318 g/mol. The maximum Gasteiger partial charge on any atom is 0.410 e. The van der Waals surface area contributed by atoms with Gasteiger partial charge in [0, 0.05) is 13.1 Å². The van der Waals surface area contributed by atoms with E-state index in [0.717, 1.165) is 44.8 Å². The molecule has 2 aliphatic rings. The number of likely N-dealkylation sites (tertiary alicyclic amines) is 1. The predicted octanol–water partition coefficient (Wildman–Crippen LogP) is 2.92. The lowest BCUT2D eigenvalue weighted by Crippen LogP contribution is -2.46. The van der Waals surface area contributed by atoms with Crippen molar-refractivity contribution in [2.45, 2.75) is 71.0 Å². The largest absolute Gasteiger partial charge is 0.444 e. The van der Waals surface area contributed by atoms with Gasteiger partial charge < -0.3 is 9.64 Å². The molecule has 7 heteroatoms. The summed E-state index contributed by atoms with van der Waals surface area (Å²) in [5.74, 6) is 0. The van der Waals surface area contributed by atoms with Crippen molar-refractivity contribution in [1.82, 2.24) is 4.90 Å². The smallest absolute Gasteiger partial charge is 0.410 e. The van der Waals surface area contributed by atoms with Crippen LogP contribution in [0.15, 0.2) is 0 Å². The zero-order valence-electron chi connectivity index (χ0n) is 14.6. The zero-order valence-corrected chi connectivity index (χ0v) is 15.4. The molecule has 0 radical (unpaired) electrons. The van der Waals surface area contributed by atoms with Crippen LogP contribution in [0.4, 0.5) is 4.79 Å². The number of amides is 1. The number of hydrogen-bond donors (Lipinski definition) is 0. The van der Waals surface area contributed by atoms with Crippen LogP contribution in [0.3, 0.4) is 0 Å². The highest BCUT2D eigenvalue weighted by Gasteiger charge is 2.40. The molecule has 0 bridgehead atoms. The van der Waals surface area contributed by atoms with Crippen LogP contribution < -0.4 is 0 Å². The molecule has 0 aromatic heterocycles. The first-order chi connectivity index (χ1) is 10.5. The van der Waals surface area contributed by atoms with Crippen LogP contribution in [-0.4, -0.2) is 50.5 Å². The Morgan fingerprint density at radius 1 is 1.09 bits per heavy atom. The minimum atomic E-state index is -3.37. The van der Waals surface area contributed by atoms with Crippen LogP contribution in [0.25, 0.3) is 0 Å². The van der Waals surface area contributed by atoms with Gasteiger partial charge in [0.15, 0.2) is 0 Å². The molecule has 1 spiro atoms. The van der Waals surface area contributed by atoms with Gasteiger partial charge in [0.05, 0.1) is 12.4 Å². The van der Waals surface area contributed by atoms with Crippen molar-refractivity contribution in [3.05, 3.63) is 0 Å². The quantitative estimate of drug-likeness (QED) is 0.718. The molecule has 6 nitrogen and oxygen atoms in total. The molecule has 0 aromatic carbocycles. The van der Waals surface area contributed by atoms with Gasteiger partial charge in [-0.25, -0.2) is 4.79 Å². The molecule has 1 saturated heterocycles. The SMILES string of the molecule is CC(C)(C)OC(=O)N1CCC2(CCC(OS(C)(=O)=O)CC2)CC1. The van der Waals surface area contributed by atoms with Gasteiger partial charge in [-0.2, -0.15) is 8.42 Å². The van der Waals surface area contributed by atoms with Gasteiger partial charge in [-0.05, 0) is 64.7 Å². The Balaban J connectivity index is 1.82. The van der Waals surface area contributed by atoms with Crippen molar-refractivity contribution in [2.75, 3.05) is 19.3 Å². The van der Waals surface area contributed by atoms with E-state index in [2.05, 4.69) is 0 Å². The van der Waals surface area contributed by atoms with Gasteiger partial charge in [0.25, 0.3) is 10.1 Å². The molecule has 0 aromatic rings. The minimum Gasteiger partial charge on any atom is -0.444 e. The molecule has 0 N–H and O–H groups in total. The number of ether oxygens (including phenoxy) is 1. The molecular formula is C16H29NO5S. The first-order valence-corrected chi connectivity index (χ1v) is 10.2. The topological polar surface area (TPSA) is 72.9 Å². The molecule has 1 heterocycles. The van der Waals surface area contributed by atoms with Gasteiger partial charge in [-0.1, -0.05) is 0 Å². The molecule has 1 aliphatic heterocycles. The second-order valence-corrected chi connectivity index (χ2v) is 9.57. The third-order valence-electron chi connectivity index (χ3n) is 4.78. The van der Waals surface area contributed by atoms with Crippen molar-refractivity contribution < 1.29 is 22.1 Å². The normalized spacial score (nSPS) is 23.0. The van der Waals surface area contributed by atoms with E-state index in [1.165, 1.54) is 0 Å². The third-order valence-corrected chi connectivity index (χ3v) is 5.40. The summed E-state index contributed by atoms with van der Waals surface area (Å²) in [6.45, 7) is 7.05. The zero-order chi connectivity index (χ0) is 17.3. The Hall–Kier alpha value is -0.820. The van der Waals surface area contributed by atoms with E-state index >= 15 is 0 Å². The van der Waals surface area contributed by atoms with Crippen LogP contribution in [0.2, 0.25) is 0 Å².